The van der Waals surface area contributed by atoms with Crippen LogP contribution in [0, 0.1) is 5.92 Å². The predicted octanol–water partition coefficient (Wildman–Crippen LogP) is 2.45. The molecule has 0 saturated heterocycles. The number of nitrogens with one attached hydrogen (secondary N) is 3. The van der Waals surface area contributed by atoms with Gasteiger partial charge in [0.05, 0.1) is 19.3 Å². The van der Waals surface area contributed by atoms with Crippen molar-refractivity contribution < 1.29 is 17.9 Å². The second kappa shape index (κ2) is 9.32. The van der Waals surface area contributed by atoms with Gasteiger partial charge in [-0.1, -0.05) is 30.3 Å². The molecule has 8 nitrogen and oxygen atoms in total. The molecule has 1 unspecified atom stereocenters. The molecule has 2 aromatic carbocycles. The Hall–Kier alpha value is -3.17. The van der Waals surface area contributed by atoms with Crippen LogP contribution in [-0.4, -0.2) is 37.7 Å². The maximum absolute atomic E-state index is 13.2. The molecule has 162 valence electrons. The monoisotopic (exact) mass is 440 g/mol. The number of aromatic nitrogens is 2. The van der Waals surface area contributed by atoms with Crippen molar-refractivity contribution in [3.8, 4) is 16.9 Å². The van der Waals surface area contributed by atoms with Crippen molar-refractivity contribution >= 4 is 16.8 Å². The van der Waals surface area contributed by atoms with Crippen molar-refractivity contribution in [2.75, 3.05) is 7.11 Å². The van der Waals surface area contributed by atoms with Crippen LogP contribution in [0.1, 0.15) is 34.8 Å². The molecular weight excluding hydrogens is 416 g/mol. The molecule has 0 radical (unpaired) electrons. The van der Waals surface area contributed by atoms with Gasteiger partial charge in [-0.15, -0.1) is 0 Å². The summed E-state index contributed by atoms with van der Waals surface area (Å²) in [7, 11) is -1.25. The highest BCUT2D eigenvalue weighted by atomic mass is 32.2. The highest BCUT2D eigenvalue weighted by Crippen LogP contribution is 2.38. The second-order valence-corrected chi connectivity index (χ2v) is 8.29. The molecule has 1 heterocycles. The minimum Gasteiger partial charge on any atom is -0.496 e. The lowest BCUT2D eigenvalue weighted by atomic mass is 9.95. The van der Waals surface area contributed by atoms with Gasteiger partial charge in [0.1, 0.15) is 5.75 Å². The number of benzene rings is 2. The van der Waals surface area contributed by atoms with E-state index in [1.807, 2.05) is 30.3 Å². The van der Waals surface area contributed by atoms with E-state index in [0.717, 1.165) is 29.5 Å². The first kappa shape index (κ1) is 21.1. The quantitative estimate of drug-likeness (QED) is 0.382. The van der Waals surface area contributed by atoms with E-state index in [4.69, 9.17) is 4.74 Å². The Bertz CT molecular complexity index is 1100. The van der Waals surface area contributed by atoms with Crippen molar-refractivity contribution in [2.24, 2.45) is 5.92 Å². The van der Waals surface area contributed by atoms with Crippen LogP contribution in [0.3, 0.4) is 0 Å². The number of H-pyrrole nitrogens is 1. The van der Waals surface area contributed by atoms with Gasteiger partial charge >= 0.3 is 0 Å². The SMILES string of the molecule is COc1cc(C(=O)N[C@@H](c2ccccc2)C(N[SH](=O)=O)C2CC2)ccc1-c1cn[nH]c1. The molecule has 1 saturated carbocycles. The first-order valence-corrected chi connectivity index (χ1v) is 11.2. The average Bonchev–Trinajstić information content (AvgIpc) is 3.49. The normalized spacial score (nSPS) is 15.4. The number of hydrogen-bond donors (Lipinski definition) is 4. The molecule has 31 heavy (non-hydrogen) atoms. The van der Waals surface area contributed by atoms with E-state index in [1.54, 1.807) is 37.7 Å². The summed E-state index contributed by atoms with van der Waals surface area (Å²) in [5, 5.41) is 9.76. The number of rotatable bonds is 9. The Labute approximate surface area is 182 Å². The smallest absolute Gasteiger partial charge is 0.251 e. The molecule has 1 amide bonds. The fraction of sp³-hybridized carbons (Fsp3) is 0.273. The van der Waals surface area contributed by atoms with Gasteiger partial charge in [0.15, 0.2) is 0 Å². The zero-order valence-electron chi connectivity index (χ0n) is 16.9. The van der Waals surface area contributed by atoms with Crippen LogP contribution in [0.4, 0.5) is 0 Å². The second-order valence-electron chi connectivity index (χ2n) is 7.51. The number of ether oxygens (including phenoxy) is 1. The largest absolute Gasteiger partial charge is 0.496 e. The number of thiol groups is 1. The molecule has 1 aliphatic carbocycles. The van der Waals surface area contributed by atoms with Crippen molar-refractivity contribution in [1.82, 2.24) is 20.2 Å². The first-order chi connectivity index (χ1) is 15.1. The number of nitrogens with zero attached hydrogens (tertiary/aromatic N) is 1. The molecule has 2 atom stereocenters. The lowest BCUT2D eigenvalue weighted by Gasteiger charge is -2.28. The van der Waals surface area contributed by atoms with Crippen molar-refractivity contribution in [2.45, 2.75) is 24.9 Å². The van der Waals surface area contributed by atoms with E-state index >= 15 is 0 Å². The number of carbonyl (C=O) groups is 1. The number of hydrogen-bond acceptors (Lipinski definition) is 5. The third-order valence-corrected chi connectivity index (χ3v) is 5.97. The van der Waals surface area contributed by atoms with Gasteiger partial charge in [0, 0.05) is 28.9 Å². The third-order valence-electron chi connectivity index (χ3n) is 5.46. The topological polar surface area (TPSA) is 113 Å². The van der Waals surface area contributed by atoms with Crippen LogP contribution in [-0.2, 0) is 10.9 Å². The fourth-order valence-electron chi connectivity index (χ4n) is 3.76. The van der Waals surface area contributed by atoms with E-state index in [1.165, 1.54) is 0 Å². The van der Waals surface area contributed by atoms with Gasteiger partial charge in [-0.25, -0.2) is 13.1 Å². The summed E-state index contributed by atoms with van der Waals surface area (Å²) < 4.78 is 31.0. The Morgan fingerprint density at radius 2 is 1.97 bits per heavy atom. The van der Waals surface area contributed by atoms with Crippen LogP contribution in [0.2, 0.25) is 0 Å². The number of amides is 1. The van der Waals surface area contributed by atoms with Gasteiger partial charge in [-0.05, 0) is 42.5 Å². The van der Waals surface area contributed by atoms with Crippen LogP contribution < -0.4 is 14.8 Å². The van der Waals surface area contributed by atoms with Crippen LogP contribution >= 0.6 is 0 Å². The average molecular weight is 441 g/mol. The lowest BCUT2D eigenvalue weighted by molar-refractivity contribution is 0.0926. The Morgan fingerprint density at radius 1 is 1.19 bits per heavy atom. The predicted molar refractivity (Wildman–Crippen MR) is 117 cm³/mol. The minimum absolute atomic E-state index is 0.191. The zero-order valence-corrected chi connectivity index (χ0v) is 17.8. The van der Waals surface area contributed by atoms with Crippen molar-refractivity contribution in [3.05, 3.63) is 72.1 Å². The standard InChI is InChI=1S/C22H24N4O4S/c1-30-19-11-16(9-10-18(19)17-12-23-24-13-17)22(27)25-20(14-5-3-2-4-6-14)21(15-7-8-15)26-31(28)29/h2-6,9-13,15,20-21,31H,7-8H2,1H3,(H,23,24)(H,25,27)(H,26,28,29)/t20-,21?/m0/s1. The maximum atomic E-state index is 13.2. The molecule has 0 bridgehead atoms. The Balaban J connectivity index is 1.63. The molecule has 0 spiro atoms. The summed E-state index contributed by atoms with van der Waals surface area (Å²) >= 11 is 0. The van der Waals surface area contributed by atoms with E-state index < -0.39 is 23.0 Å². The van der Waals surface area contributed by atoms with Gasteiger partial charge in [0.2, 0.25) is 10.9 Å². The number of carbonyl (C=O) groups excluding carboxylic acids is 1. The third kappa shape index (κ3) is 4.95. The van der Waals surface area contributed by atoms with E-state index in [-0.39, 0.29) is 11.8 Å². The molecule has 1 aliphatic rings. The lowest BCUT2D eigenvalue weighted by Crippen LogP contribution is -2.44. The summed E-state index contributed by atoms with van der Waals surface area (Å²) in [6.07, 6.45) is 5.28. The highest BCUT2D eigenvalue weighted by molar-refractivity contribution is 7.70. The van der Waals surface area contributed by atoms with Crippen LogP contribution in [0.15, 0.2) is 60.9 Å². The zero-order chi connectivity index (χ0) is 21.8. The summed E-state index contributed by atoms with van der Waals surface area (Å²) in [4.78, 5) is 13.2. The molecular formula is C22H24N4O4S. The summed E-state index contributed by atoms with van der Waals surface area (Å²) in [6, 6.07) is 13.7. The Morgan fingerprint density at radius 3 is 2.58 bits per heavy atom. The van der Waals surface area contributed by atoms with Gasteiger partial charge in [0.25, 0.3) is 5.91 Å². The highest BCUT2D eigenvalue weighted by Gasteiger charge is 2.38. The summed E-state index contributed by atoms with van der Waals surface area (Å²) in [6.45, 7) is 0. The van der Waals surface area contributed by atoms with E-state index in [9.17, 15) is 13.2 Å². The van der Waals surface area contributed by atoms with Crippen molar-refractivity contribution in [1.29, 1.82) is 0 Å². The molecule has 1 fully saturated rings. The Kier molecular flexibility index (Phi) is 6.34. The van der Waals surface area contributed by atoms with Gasteiger partial charge in [-0.2, -0.15) is 5.10 Å². The maximum Gasteiger partial charge on any atom is 0.251 e. The van der Waals surface area contributed by atoms with E-state index in [0.29, 0.717) is 11.3 Å². The van der Waals surface area contributed by atoms with Gasteiger partial charge < -0.3 is 10.1 Å². The number of methoxy groups -OCH3 is 1. The minimum atomic E-state index is -2.80. The van der Waals surface area contributed by atoms with Crippen LogP contribution in [0.5, 0.6) is 5.75 Å². The summed E-state index contributed by atoms with van der Waals surface area (Å²) in [5.74, 6) is 0.431. The number of aromatic amines is 1. The molecule has 3 aromatic rings. The molecule has 4 rings (SSSR count). The molecule has 3 N–H and O–H groups in total. The molecule has 1 aromatic heterocycles. The van der Waals surface area contributed by atoms with Crippen molar-refractivity contribution in [3.63, 3.8) is 0 Å². The summed E-state index contributed by atoms with van der Waals surface area (Å²) in [5.41, 5.74) is 2.93. The first-order valence-electron chi connectivity index (χ1n) is 10.0. The molecule has 0 aliphatic heterocycles. The van der Waals surface area contributed by atoms with E-state index in [2.05, 4.69) is 20.2 Å². The van der Waals surface area contributed by atoms with Crippen LogP contribution in [0.25, 0.3) is 11.1 Å². The fourth-order valence-corrected chi connectivity index (χ4v) is 4.37. The van der Waals surface area contributed by atoms with Gasteiger partial charge in [-0.3, -0.25) is 9.89 Å². The molecule has 9 heteroatoms.